The molecule has 0 bridgehead atoms. The van der Waals surface area contributed by atoms with Crippen LogP contribution in [0.2, 0.25) is 0 Å². The van der Waals surface area contributed by atoms with Crippen molar-refractivity contribution in [3.05, 3.63) is 0 Å². The molecule has 0 aromatic heterocycles. The molecule has 3 nitrogen and oxygen atoms in total. The van der Waals surface area contributed by atoms with Gasteiger partial charge in [-0.05, 0) is 19.3 Å². The van der Waals surface area contributed by atoms with Gasteiger partial charge in [-0.25, -0.2) is 0 Å². The van der Waals surface area contributed by atoms with E-state index in [1.54, 1.807) is 0 Å². The Bertz CT molecular complexity index is 189. The second-order valence-electron chi connectivity index (χ2n) is 4.14. The van der Waals surface area contributed by atoms with Gasteiger partial charge in [-0.1, -0.05) is 13.8 Å². The monoisotopic (exact) mass is 186 g/mol. The first-order chi connectivity index (χ1) is 6.04. The van der Waals surface area contributed by atoms with Crippen LogP contribution < -0.4 is 0 Å². The zero-order valence-corrected chi connectivity index (χ0v) is 8.49. The van der Waals surface area contributed by atoms with E-state index < -0.39 is 5.97 Å². The van der Waals surface area contributed by atoms with Crippen LogP contribution in [-0.4, -0.2) is 23.8 Å². The summed E-state index contributed by atoms with van der Waals surface area (Å²) in [4.78, 5) is 11.0. The van der Waals surface area contributed by atoms with Gasteiger partial charge in [-0.2, -0.15) is 0 Å². The maximum absolute atomic E-state index is 11.0. The summed E-state index contributed by atoms with van der Waals surface area (Å²) in [6, 6.07) is 0. The second kappa shape index (κ2) is 4.09. The minimum atomic E-state index is -0.683. The van der Waals surface area contributed by atoms with Gasteiger partial charge in [0.05, 0.1) is 12.0 Å². The van der Waals surface area contributed by atoms with E-state index in [0.29, 0.717) is 6.61 Å². The summed E-state index contributed by atoms with van der Waals surface area (Å²) in [7, 11) is 0. The third-order valence-electron chi connectivity index (χ3n) is 2.90. The molecule has 1 aliphatic rings. The van der Waals surface area contributed by atoms with Crippen molar-refractivity contribution in [1.29, 1.82) is 0 Å². The van der Waals surface area contributed by atoms with Crippen LogP contribution in [0.4, 0.5) is 0 Å². The van der Waals surface area contributed by atoms with Gasteiger partial charge >= 0.3 is 5.97 Å². The third kappa shape index (κ3) is 2.21. The largest absolute Gasteiger partial charge is 0.481 e. The average molecular weight is 186 g/mol. The summed E-state index contributed by atoms with van der Waals surface area (Å²) in [5, 5.41) is 9.07. The normalized spacial score (nSPS) is 30.8. The number of aliphatic carboxylic acids is 1. The molecule has 1 rings (SSSR count). The third-order valence-corrected chi connectivity index (χ3v) is 2.90. The second-order valence-corrected chi connectivity index (χ2v) is 4.14. The van der Waals surface area contributed by atoms with E-state index >= 15 is 0 Å². The molecule has 0 radical (unpaired) electrons. The Balaban J connectivity index is 2.69. The van der Waals surface area contributed by atoms with E-state index in [-0.39, 0.29) is 23.9 Å². The molecular formula is C10H18O3. The van der Waals surface area contributed by atoms with Crippen molar-refractivity contribution in [1.82, 2.24) is 0 Å². The number of hydrogen-bond donors (Lipinski definition) is 1. The van der Waals surface area contributed by atoms with Crippen molar-refractivity contribution in [3.8, 4) is 0 Å². The Labute approximate surface area is 79.1 Å². The lowest BCUT2D eigenvalue weighted by Gasteiger charge is -2.25. The Kier molecular flexibility index (Phi) is 3.31. The number of ether oxygens (including phenoxy) is 1. The van der Waals surface area contributed by atoms with E-state index in [1.165, 1.54) is 0 Å². The van der Waals surface area contributed by atoms with Crippen molar-refractivity contribution >= 4 is 5.97 Å². The summed E-state index contributed by atoms with van der Waals surface area (Å²) < 4.78 is 5.38. The van der Waals surface area contributed by atoms with Crippen LogP contribution in [-0.2, 0) is 9.53 Å². The first kappa shape index (κ1) is 10.5. The zero-order valence-electron chi connectivity index (χ0n) is 8.49. The minimum absolute atomic E-state index is 0.100. The predicted octanol–water partition coefficient (Wildman–Crippen LogP) is 1.77. The van der Waals surface area contributed by atoms with Gasteiger partial charge in [-0.3, -0.25) is 4.79 Å². The molecular weight excluding hydrogens is 168 g/mol. The average Bonchev–Trinajstić information content (AvgIpc) is 2.35. The van der Waals surface area contributed by atoms with Crippen LogP contribution in [0.25, 0.3) is 0 Å². The van der Waals surface area contributed by atoms with E-state index in [0.717, 1.165) is 6.42 Å². The van der Waals surface area contributed by atoms with Gasteiger partial charge in [-0.15, -0.1) is 0 Å². The maximum atomic E-state index is 11.0. The van der Waals surface area contributed by atoms with Crippen molar-refractivity contribution in [2.24, 2.45) is 17.8 Å². The quantitative estimate of drug-likeness (QED) is 0.730. The van der Waals surface area contributed by atoms with Gasteiger partial charge < -0.3 is 9.84 Å². The van der Waals surface area contributed by atoms with Crippen molar-refractivity contribution in [2.75, 3.05) is 6.61 Å². The van der Waals surface area contributed by atoms with E-state index in [1.807, 2.05) is 20.8 Å². The lowest BCUT2D eigenvalue weighted by atomic mass is 9.80. The molecule has 0 amide bonds. The van der Waals surface area contributed by atoms with Crippen LogP contribution in [0.1, 0.15) is 27.2 Å². The predicted molar refractivity (Wildman–Crippen MR) is 49.5 cm³/mol. The van der Waals surface area contributed by atoms with Crippen molar-refractivity contribution < 1.29 is 14.6 Å². The molecule has 1 N–H and O–H groups in total. The number of rotatable bonds is 3. The molecule has 0 aromatic rings. The Morgan fingerprint density at radius 1 is 1.54 bits per heavy atom. The maximum Gasteiger partial charge on any atom is 0.307 e. The standard InChI is InChI=1S/C10H18O3/c1-6(2)9(10(11)12)8-4-5-13-7(8)3/h6-9H,4-5H2,1-3H3,(H,11,12). The molecule has 3 heteroatoms. The number of carboxylic acids is 1. The lowest BCUT2D eigenvalue weighted by Crippen LogP contribution is -2.32. The molecule has 0 aliphatic carbocycles. The van der Waals surface area contributed by atoms with Gasteiger partial charge in [0.25, 0.3) is 0 Å². The first-order valence-electron chi connectivity index (χ1n) is 4.88. The van der Waals surface area contributed by atoms with E-state index in [2.05, 4.69) is 0 Å². The fourth-order valence-corrected chi connectivity index (χ4v) is 2.18. The molecule has 0 aromatic carbocycles. The molecule has 1 heterocycles. The molecule has 1 saturated heterocycles. The number of carboxylic acid groups (broad SMARTS) is 1. The summed E-state index contributed by atoms with van der Waals surface area (Å²) in [5.41, 5.74) is 0. The van der Waals surface area contributed by atoms with Crippen LogP contribution in [0, 0.1) is 17.8 Å². The van der Waals surface area contributed by atoms with Gasteiger partial charge in [0.2, 0.25) is 0 Å². The minimum Gasteiger partial charge on any atom is -0.481 e. The first-order valence-corrected chi connectivity index (χ1v) is 4.88. The molecule has 0 saturated carbocycles. The van der Waals surface area contributed by atoms with Gasteiger partial charge in [0.15, 0.2) is 0 Å². The van der Waals surface area contributed by atoms with E-state index in [4.69, 9.17) is 9.84 Å². The van der Waals surface area contributed by atoms with Crippen molar-refractivity contribution in [2.45, 2.75) is 33.3 Å². The fourth-order valence-electron chi connectivity index (χ4n) is 2.18. The van der Waals surface area contributed by atoms with E-state index in [9.17, 15) is 4.79 Å². The molecule has 0 spiro atoms. The smallest absolute Gasteiger partial charge is 0.307 e. The van der Waals surface area contributed by atoms with Crippen molar-refractivity contribution in [3.63, 3.8) is 0 Å². The SMILES string of the molecule is CC(C)C(C(=O)O)C1CCOC1C. The highest BCUT2D eigenvalue weighted by Gasteiger charge is 2.37. The Morgan fingerprint density at radius 3 is 2.46 bits per heavy atom. The fraction of sp³-hybridized carbons (Fsp3) is 0.900. The Morgan fingerprint density at radius 2 is 2.15 bits per heavy atom. The summed E-state index contributed by atoms with van der Waals surface area (Å²) in [6.45, 7) is 6.60. The summed E-state index contributed by atoms with van der Waals surface area (Å²) in [5.74, 6) is -0.556. The summed E-state index contributed by atoms with van der Waals surface area (Å²) >= 11 is 0. The highest BCUT2D eigenvalue weighted by molar-refractivity contribution is 5.70. The summed E-state index contributed by atoms with van der Waals surface area (Å²) in [6.07, 6.45) is 0.986. The molecule has 3 atom stereocenters. The van der Waals surface area contributed by atoms with Crippen LogP contribution in [0.3, 0.4) is 0 Å². The topological polar surface area (TPSA) is 46.5 Å². The van der Waals surface area contributed by atoms with Crippen LogP contribution in [0.5, 0.6) is 0 Å². The number of hydrogen-bond acceptors (Lipinski definition) is 2. The lowest BCUT2D eigenvalue weighted by molar-refractivity contribution is -0.146. The molecule has 1 aliphatic heterocycles. The van der Waals surface area contributed by atoms with Gasteiger partial charge in [0, 0.05) is 12.5 Å². The molecule has 13 heavy (non-hydrogen) atoms. The highest BCUT2D eigenvalue weighted by atomic mass is 16.5. The number of carbonyl (C=O) groups is 1. The molecule has 76 valence electrons. The van der Waals surface area contributed by atoms with Gasteiger partial charge in [0.1, 0.15) is 0 Å². The van der Waals surface area contributed by atoms with Crippen LogP contribution in [0.15, 0.2) is 0 Å². The zero-order chi connectivity index (χ0) is 10.0. The Hall–Kier alpha value is -0.570. The molecule has 1 fully saturated rings. The highest BCUT2D eigenvalue weighted by Crippen LogP contribution is 2.32. The van der Waals surface area contributed by atoms with Crippen LogP contribution >= 0.6 is 0 Å². The molecule has 3 unspecified atom stereocenters.